The van der Waals surface area contributed by atoms with Crippen LogP contribution in [0, 0.1) is 6.92 Å². The molecule has 0 radical (unpaired) electrons. The summed E-state index contributed by atoms with van der Waals surface area (Å²) in [6, 6.07) is 3.95. The predicted molar refractivity (Wildman–Crippen MR) is 56.0 cm³/mol. The van der Waals surface area contributed by atoms with E-state index in [1.54, 1.807) is 6.20 Å². The van der Waals surface area contributed by atoms with E-state index in [0.717, 1.165) is 0 Å². The maximum absolute atomic E-state index is 10.3. The van der Waals surface area contributed by atoms with Crippen LogP contribution < -0.4 is 5.32 Å². The average molecular weight is 206 g/mol. The van der Waals surface area contributed by atoms with Crippen LogP contribution in [0.5, 0.6) is 0 Å². The molecule has 0 aromatic carbocycles. The van der Waals surface area contributed by atoms with Crippen LogP contribution in [0.25, 0.3) is 0 Å². The van der Waals surface area contributed by atoms with Crippen LogP contribution in [-0.2, 0) is 9.59 Å². The van der Waals surface area contributed by atoms with Gasteiger partial charge >= 0.3 is 0 Å². The number of carbonyl (C=O) groups is 2. The number of aromatic nitrogens is 1. The SMILES string of the molecule is Cc1cccnc1.O=C1CCCC(=O)N1. The Hall–Kier alpha value is -1.71. The Morgan fingerprint density at radius 3 is 2.20 bits per heavy atom. The summed E-state index contributed by atoms with van der Waals surface area (Å²) >= 11 is 0. The molecule has 0 aliphatic carbocycles. The van der Waals surface area contributed by atoms with E-state index in [0.29, 0.717) is 19.3 Å². The second-order valence-electron chi connectivity index (χ2n) is 3.36. The van der Waals surface area contributed by atoms with Gasteiger partial charge in [-0.15, -0.1) is 0 Å². The fourth-order valence-electron chi connectivity index (χ4n) is 1.14. The maximum Gasteiger partial charge on any atom is 0.226 e. The lowest BCUT2D eigenvalue weighted by Crippen LogP contribution is -2.33. The van der Waals surface area contributed by atoms with Gasteiger partial charge in [-0.05, 0) is 25.0 Å². The second-order valence-corrected chi connectivity index (χ2v) is 3.36. The monoisotopic (exact) mass is 206 g/mol. The van der Waals surface area contributed by atoms with Crippen LogP contribution in [0.2, 0.25) is 0 Å². The summed E-state index contributed by atoms with van der Waals surface area (Å²) in [5, 5.41) is 2.20. The van der Waals surface area contributed by atoms with Crippen molar-refractivity contribution in [3.63, 3.8) is 0 Å². The third-order valence-corrected chi connectivity index (χ3v) is 1.90. The highest BCUT2D eigenvalue weighted by molar-refractivity contribution is 5.97. The van der Waals surface area contributed by atoms with Gasteiger partial charge in [0.05, 0.1) is 0 Å². The molecule has 0 spiro atoms. The first-order valence-corrected chi connectivity index (χ1v) is 4.88. The highest BCUT2D eigenvalue weighted by Gasteiger charge is 2.12. The summed E-state index contributed by atoms with van der Waals surface area (Å²) in [6.45, 7) is 2.02. The molecule has 4 nitrogen and oxygen atoms in total. The number of hydrogen-bond donors (Lipinski definition) is 1. The van der Waals surface area contributed by atoms with Crippen molar-refractivity contribution in [2.24, 2.45) is 0 Å². The summed E-state index contributed by atoms with van der Waals surface area (Å²) in [4.78, 5) is 24.6. The highest BCUT2D eigenvalue weighted by atomic mass is 16.2. The zero-order valence-electron chi connectivity index (χ0n) is 8.69. The van der Waals surface area contributed by atoms with E-state index in [-0.39, 0.29) is 11.8 Å². The van der Waals surface area contributed by atoms with E-state index in [1.807, 2.05) is 25.3 Å². The molecule has 15 heavy (non-hydrogen) atoms. The molecule has 0 bridgehead atoms. The molecule has 4 heteroatoms. The third-order valence-electron chi connectivity index (χ3n) is 1.90. The maximum atomic E-state index is 10.3. The molecule has 2 amide bonds. The third kappa shape index (κ3) is 4.90. The van der Waals surface area contributed by atoms with E-state index in [4.69, 9.17) is 0 Å². The molecular weight excluding hydrogens is 192 g/mol. The molecule has 2 heterocycles. The first kappa shape index (κ1) is 11.4. The minimum atomic E-state index is -0.138. The van der Waals surface area contributed by atoms with Crippen molar-refractivity contribution < 1.29 is 9.59 Å². The van der Waals surface area contributed by atoms with Gasteiger partial charge < -0.3 is 0 Å². The lowest BCUT2D eigenvalue weighted by atomic mass is 10.1. The lowest BCUT2D eigenvalue weighted by molar-refractivity contribution is -0.132. The van der Waals surface area contributed by atoms with Crippen LogP contribution in [0.15, 0.2) is 24.5 Å². The van der Waals surface area contributed by atoms with Crippen LogP contribution in [0.3, 0.4) is 0 Å². The Morgan fingerprint density at radius 1 is 1.27 bits per heavy atom. The fraction of sp³-hybridized carbons (Fsp3) is 0.364. The summed E-state index contributed by atoms with van der Waals surface area (Å²) < 4.78 is 0. The van der Waals surface area contributed by atoms with Crippen LogP contribution in [0.1, 0.15) is 24.8 Å². The van der Waals surface area contributed by atoms with Gasteiger partial charge in [0.2, 0.25) is 11.8 Å². The van der Waals surface area contributed by atoms with Gasteiger partial charge in [-0.3, -0.25) is 19.9 Å². The molecule has 1 aromatic rings. The first-order chi connectivity index (χ1) is 7.18. The molecule has 1 aliphatic rings. The molecule has 80 valence electrons. The molecule has 1 aromatic heterocycles. The van der Waals surface area contributed by atoms with Gasteiger partial charge in [-0.1, -0.05) is 6.07 Å². The molecule has 0 unspecified atom stereocenters. The van der Waals surface area contributed by atoms with Crippen LogP contribution in [-0.4, -0.2) is 16.8 Å². The fourth-order valence-corrected chi connectivity index (χ4v) is 1.14. The largest absolute Gasteiger partial charge is 0.296 e. The van der Waals surface area contributed by atoms with Crippen LogP contribution in [0.4, 0.5) is 0 Å². The van der Waals surface area contributed by atoms with Gasteiger partial charge in [0.1, 0.15) is 0 Å². The molecular formula is C11H14N2O2. The Balaban J connectivity index is 0.000000151. The van der Waals surface area contributed by atoms with Crippen molar-refractivity contribution in [3.05, 3.63) is 30.1 Å². The first-order valence-electron chi connectivity index (χ1n) is 4.88. The number of aryl methyl sites for hydroxylation is 1. The minimum absolute atomic E-state index is 0.138. The van der Waals surface area contributed by atoms with Gasteiger partial charge in [0.25, 0.3) is 0 Å². The van der Waals surface area contributed by atoms with E-state index < -0.39 is 0 Å². The molecule has 2 rings (SSSR count). The number of rotatable bonds is 0. The minimum Gasteiger partial charge on any atom is -0.296 e. The molecule has 0 saturated carbocycles. The van der Waals surface area contributed by atoms with Gasteiger partial charge in [-0.25, -0.2) is 0 Å². The summed E-state index contributed by atoms with van der Waals surface area (Å²) in [5.41, 5.74) is 1.21. The Bertz CT molecular complexity index is 322. The summed E-state index contributed by atoms with van der Waals surface area (Å²) in [6.07, 6.45) is 5.33. The van der Waals surface area contributed by atoms with Crippen LogP contribution >= 0.6 is 0 Å². The number of nitrogens with zero attached hydrogens (tertiary/aromatic N) is 1. The normalized spacial score (nSPS) is 15.0. The summed E-state index contributed by atoms with van der Waals surface area (Å²) in [5.74, 6) is -0.275. The molecule has 1 fully saturated rings. The second kappa shape index (κ2) is 5.90. The Labute approximate surface area is 88.7 Å². The van der Waals surface area contributed by atoms with Crippen molar-refractivity contribution in [2.45, 2.75) is 26.2 Å². The highest BCUT2D eigenvalue weighted by Crippen LogP contribution is 2.00. The van der Waals surface area contributed by atoms with E-state index >= 15 is 0 Å². The van der Waals surface area contributed by atoms with Crippen molar-refractivity contribution in [3.8, 4) is 0 Å². The standard InChI is InChI=1S/C6H7N.C5H7NO2/c1-6-3-2-4-7-5-6;7-4-2-1-3-5(8)6-4/h2-5H,1H3;1-3H2,(H,6,7,8). The zero-order valence-corrected chi connectivity index (χ0v) is 8.69. The summed E-state index contributed by atoms with van der Waals surface area (Å²) in [7, 11) is 0. The van der Waals surface area contributed by atoms with Gasteiger partial charge in [0, 0.05) is 25.2 Å². The smallest absolute Gasteiger partial charge is 0.226 e. The topological polar surface area (TPSA) is 59.1 Å². The average Bonchev–Trinajstić information content (AvgIpc) is 2.19. The number of carbonyl (C=O) groups excluding carboxylic acids is 2. The van der Waals surface area contributed by atoms with Crippen molar-refractivity contribution >= 4 is 11.8 Å². The molecule has 0 atom stereocenters. The number of amides is 2. The Kier molecular flexibility index (Phi) is 4.47. The molecule has 1 N–H and O–H groups in total. The van der Waals surface area contributed by atoms with E-state index in [2.05, 4.69) is 10.3 Å². The van der Waals surface area contributed by atoms with Gasteiger partial charge in [0.15, 0.2) is 0 Å². The lowest BCUT2D eigenvalue weighted by Gasteiger charge is -2.07. The molecule has 1 saturated heterocycles. The zero-order chi connectivity index (χ0) is 11.1. The Morgan fingerprint density at radius 2 is 1.93 bits per heavy atom. The van der Waals surface area contributed by atoms with Gasteiger partial charge in [-0.2, -0.15) is 0 Å². The van der Waals surface area contributed by atoms with E-state index in [9.17, 15) is 9.59 Å². The van der Waals surface area contributed by atoms with Crippen molar-refractivity contribution in [2.75, 3.05) is 0 Å². The number of nitrogens with one attached hydrogen (secondary N) is 1. The number of pyridine rings is 1. The molecule has 1 aliphatic heterocycles. The predicted octanol–water partition coefficient (Wildman–Crippen LogP) is 1.20. The quantitative estimate of drug-likeness (QED) is 0.649. The number of hydrogen-bond acceptors (Lipinski definition) is 3. The number of piperidine rings is 1. The van der Waals surface area contributed by atoms with E-state index in [1.165, 1.54) is 5.56 Å². The number of imide groups is 1. The van der Waals surface area contributed by atoms with Crippen molar-refractivity contribution in [1.82, 2.24) is 10.3 Å². The van der Waals surface area contributed by atoms with Crippen molar-refractivity contribution in [1.29, 1.82) is 0 Å².